The van der Waals surface area contributed by atoms with Gasteiger partial charge in [-0.25, -0.2) is 15.1 Å². The zero-order chi connectivity index (χ0) is 22.4. The Balaban J connectivity index is 1.61. The third-order valence-corrected chi connectivity index (χ3v) is 4.96. The maximum atomic E-state index is 12.3. The van der Waals surface area contributed by atoms with E-state index in [-0.39, 0.29) is 18.9 Å². The summed E-state index contributed by atoms with van der Waals surface area (Å²) in [6.07, 6.45) is 3.07. The van der Waals surface area contributed by atoms with Gasteiger partial charge < -0.3 is 15.2 Å². The lowest BCUT2D eigenvalue weighted by Gasteiger charge is -2.18. The Hall–Kier alpha value is -3.83. The van der Waals surface area contributed by atoms with Gasteiger partial charge in [0.05, 0.1) is 0 Å². The molecular formula is C23H22N2O6. The Labute approximate surface area is 179 Å². The van der Waals surface area contributed by atoms with Gasteiger partial charge in [-0.05, 0) is 29.2 Å². The Bertz CT molecular complexity index is 983. The quantitative estimate of drug-likeness (QED) is 0.445. The molecule has 0 heterocycles. The van der Waals surface area contributed by atoms with Crippen LogP contribution in [-0.2, 0) is 19.2 Å². The number of alkyl carbamates (subject to hydrolysis) is 1. The molecule has 31 heavy (non-hydrogen) atoms. The molecule has 8 heteroatoms. The number of amides is 2. The van der Waals surface area contributed by atoms with Crippen molar-refractivity contribution in [2.75, 3.05) is 6.61 Å². The highest BCUT2D eigenvalue weighted by molar-refractivity contribution is 5.85. The average Bonchev–Trinajstić information content (AvgIpc) is 3.09. The van der Waals surface area contributed by atoms with Crippen LogP contribution < -0.4 is 10.8 Å². The number of ether oxygens (including phenoxy) is 1. The second kappa shape index (κ2) is 9.78. The van der Waals surface area contributed by atoms with Crippen LogP contribution in [0, 0.1) is 12.3 Å². The number of rotatable bonds is 8. The van der Waals surface area contributed by atoms with Crippen molar-refractivity contribution in [2.24, 2.45) is 0 Å². The van der Waals surface area contributed by atoms with Gasteiger partial charge in [0.1, 0.15) is 12.6 Å². The number of nitrogens with one attached hydrogen (secondary N) is 2. The van der Waals surface area contributed by atoms with E-state index >= 15 is 0 Å². The molecule has 0 bridgehead atoms. The fraction of sp³-hybridized carbons (Fsp3) is 0.261. The maximum Gasteiger partial charge on any atom is 0.407 e. The van der Waals surface area contributed by atoms with Gasteiger partial charge in [-0.1, -0.05) is 48.5 Å². The number of terminal acetylenes is 1. The van der Waals surface area contributed by atoms with Crippen molar-refractivity contribution in [1.82, 2.24) is 10.8 Å². The number of hydrogen-bond donors (Lipinski definition) is 3. The lowest BCUT2D eigenvalue weighted by Crippen LogP contribution is -2.48. The summed E-state index contributed by atoms with van der Waals surface area (Å²) in [6.45, 7) is 1.33. The van der Waals surface area contributed by atoms with Crippen molar-refractivity contribution in [3.8, 4) is 23.5 Å². The number of aliphatic carboxylic acids is 1. The first-order chi connectivity index (χ1) is 14.9. The first-order valence-corrected chi connectivity index (χ1v) is 9.65. The number of hydrogen-bond acceptors (Lipinski definition) is 5. The van der Waals surface area contributed by atoms with Gasteiger partial charge in [-0.2, -0.15) is 0 Å². The Morgan fingerprint density at radius 2 is 1.68 bits per heavy atom. The van der Waals surface area contributed by atoms with Crippen molar-refractivity contribution in [1.29, 1.82) is 0 Å². The molecule has 0 aliphatic heterocycles. The summed E-state index contributed by atoms with van der Waals surface area (Å²) < 4.78 is 5.40. The van der Waals surface area contributed by atoms with E-state index in [1.54, 1.807) is 0 Å². The average molecular weight is 422 g/mol. The van der Waals surface area contributed by atoms with Crippen LogP contribution in [0.1, 0.15) is 30.4 Å². The van der Waals surface area contributed by atoms with Crippen molar-refractivity contribution >= 4 is 18.0 Å². The van der Waals surface area contributed by atoms with Crippen LogP contribution in [0.25, 0.3) is 11.1 Å². The first kappa shape index (κ1) is 21.9. The van der Waals surface area contributed by atoms with Gasteiger partial charge in [0.25, 0.3) is 5.91 Å². The number of fused-ring (bicyclic) bond motifs is 3. The van der Waals surface area contributed by atoms with Gasteiger partial charge in [0, 0.05) is 12.3 Å². The first-order valence-electron chi connectivity index (χ1n) is 9.65. The molecule has 3 rings (SSSR count). The van der Waals surface area contributed by atoms with Crippen molar-refractivity contribution < 1.29 is 29.1 Å². The van der Waals surface area contributed by atoms with E-state index in [0.29, 0.717) is 0 Å². The third kappa shape index (κ3) is 5.02. The second-order valence-electron chi connectivity index (χ2n) is 7.00. The molecule has 2 atom stereocenters. The molecule has 1 aliphatic rings. The van der Waals surface area contributed by atoms with Gasteiger partial charge >= 0.3 is 12.1 Å². The Morgan fingerprint density at radius 3 is 2.23 bits per heavy atom. The summed E-state index contributed by atoms with van der Waals surface area (Å²) >= 11 is 0. The highest BCUT2D eigenvalue weighted by atomic mass is 16.7. The molecule has 0 radical (unpaired) electrons. The molecule has 2 aromatic rings. The summed E-state index contributed by atoms with van der Waals surface area (Å²) in [7, 11) is 0. The van der Waals surface area contributed by atoms with Crippen LogP contribution in [0.2, 0.25) is 0 Å². The highest BCUT2D eigenvalue weighted by Gasteiger charge is 2.30. The van der Waals surface area contributed by atoms with Crippen LogP contribution in [0.15, 0.2) is 48.5 Å². The van der Waals surface area contributed by atoms with E-state index in [9.17, 15) is 14.4 Å². The van der Waals surface area contributed by atoms with E-state index in [1.807, 2.05) is 54.0 Å². The molecule has 0 saturated heterocycles. The molecular weight excluding hydrogens is 400 g/mol. The minimum absolute atomic E-state index is 0.0802. The molecule has 2 aromatic carbocycles. The summed E-state index contributed by atoms with van der Waals surface area (Å²) in [4.78, 5) is 40.0. The predicted octanol–water partition coefficient (Wildman–Crippen LogP) is 2.44. The van der Waals surface area contributed by atoms with E-state index in [2.05, 4.69) is 11.2 Å². The summed E-state index contributed by atoms with van der Waals surface area (Å²) in [5.74, 6) is 0.128. The summed E-state index contributed by atoms with van der Waals surface area (Å²) in [5.41, 5.74) is 6.31. The zero-order valence-corrected chi connectivity index (χ0v) is 16.8. The van der Waals surface area contributed by atoms with E-state index in [1.165, 1.54) is 6.92 Å². The van der Waals surface area contributed by atoms with E-state index in [0.717, 1.165) is 22.3 Å². The fourth-order valence-electron chi connectivity index (χ4n) is 3.38. The molecule has 0 aromatic heterocycles. The number of hydroxylamine groups is 1. The van der Waals surface area contributed by atoms with Gasteiger partial charge in [-0.3, -0.25) is 9.63 Å². The lowest BCUT2D eigenvalue weighted by atomic mass is 9.98. The monoisotopic (exact) mass is 422 g/mol. The fourth-order valence-corrected chi connectivity index (χ4v) is 3.38. The van der Waals surface area contributed by atoms with E-state index in [4.69, 9.17) is 21.1 Å². The van der Waals surface area contributed by atoms with Gasteiger partial charge in [-0.15, -0.1) is 12.3 Å². The van der Waals surface area contributed by atoms with Crippen molar-refractivity contribution in [2.45, 2.75) is 31.4 Å². The topological polar surface area (TPSA) is 114 Å². The van der Waals surface area contributed by atoms with Crippen molar-refractivity contribution in [3.63, 3.8) is 0 Å². The zero-order valence-electron chi connectivity index (χ0n) is 16.8. The van der Waals surface area contributed by atoms with Crippen LogP contribution in [0.3, 0.4) is 0 Å². The minimum atomic E-state index is -1.26. The van der Waals surface area contributed by atoms with Crippen LogP contribution in [0.4, 0.5) is 4.79 Å². The van der Waals surface area contributed by atoms with E-state index < -0.39 is 30.1 Å². The number of carboxylic acid groups (broad SMARTS) is 1. The van der Waals surface area contributed by atoms with Crippen LogP contribution in [0.5, 0.6) is 0 Å². The van der Waals surface area contributed by atoms with Gasteiger partial charge in [0.2, 0.25) is 0 Å². The SMILES string of the molecule is C#CCC(NC(=O)OCC1c2ccccc2-c2ccccc21)C(=O)NOC(C)C(=O)O. The van der Waals surface area contributed by atoms with Crippen LogP contribution in [-0.4, -0.2) is 41.8 Å². The molecule has 160 valence electrons. The van der Waals surface area contributed by atoms with Gasteiger partial charge in [0.15, 0.2) is 6.10 Å². The second-order valence-corrected chi connectivity index (χ2v) is 7.00. The number of carbonyl (C=O) groups is 3. The summed E-state index contributed by atoms with van der Waals surface area (Å²) in [5, 5.41) is 11.2. The van der Waals surface area contributed by atoms with Crippen molar-refractivity contribution in [3.05, 3.63) is 59.7 Å². The lowest BCUT2D eigenvalue weighted by molar-refractivity contribution is -0.159. The molecule has 0 saturated carbocycles. The molecule has 1 aliphatic carbocycles. The predicted molar refractivity (Wildman–Crippen MR) is 112 cm³/mol. The summed E-state index contributed by atoms with van der Waals surface area (Å²) in [6, 6.07) is 14.7. The molecule has 2 unspecified atom stereocenters. The molecule has 8 nitrogen and oxygen atoms in total. The molecule has 0 fully saturated rings. The highest BCUT2D eigenvalue weighted by Crippen LogP contribution is 2.44. The number of carboxylic acids is 1. The largest absolute Gasteiger partial charge is 0.479 e. The Morgan fingerprint density at radius 1 is 1.10 bits per heavy atom. The number of benzene rings is 2. The third-order valence-electron chi connectivity index (χ3n) is 4.96. The van der Waals surface area contributed by atoms with Crippen LogP contribution >= 0.6 is 0 Å². The molecule has 3 N–H and O–H groups in total. The normalized spacial score (nSPS) is 13.8. The number of carbonyl (C=O) groups excluding carboxylic acids is 2. The smallest absolute Gasteiger partial charge is 0.407 e. The maximum absolute atomic E-state index is 12.3. The standard InChI is InChI=1S/C23H22N2O6/c1-3-8-20(21(26)25-31-14(2)22(27)28)24-23(29)30-13-19-17-11-6-4-9-15(17)16-10-5-7-12-18(16)19/h1,4-7,9-12,14,19-20H,8,13H2,2H3,(H,24,29)(H,25,26)(H,27,28). The molecule has 2 amide bonds. The minimum Gasteiger partial charge on any atom is -0.479 e. The molecule has 0 spiro atoms. The Kier molecular flexibility index (Phi) is 6.90.